The fourth-order valence-electron chi connectivity index (χ4n) is 4.82. The highest BCUT2D eigenvalue weighted by molar-refractivity contribution is 6.46. The molecule has 0 aliphatic carbocycles. The molecular weight excluding hydrogens is 476 g/mol. The van der Waals surface area contributed by atoms with Crippen molar-refractivity contribution in [2.75, 3.05) is 26.2 Å². The molecule has 3 aromatic rings. The van der Waals surface area contributed by atoms with Gasteiger partial charge in [0.05, 0.1) is 11.6 Å². The lowest BCUT2D eigenvalue weighted by Crippen LogP contribution is -2.33. The number of carbonyl (C=O) groups excluding carboxylic acids is 2. The van der Waals surface area contributed by atoms with Gasteiger partial charge in [-0.1, -0.05) is 86.1 Å². The monoisotopic (exact) mass is 512 g/mol. The second-order valence-corrected chi connectivity index (χ2v) is 9.58. The Hall–Kier alpha value is -3.90. The van der Waals surface area contributed by atoms with Gasteiger partial charge in [-0.15, -0.1) is 0 Å². The summed E-state index contributed by atoms with van der Waals surface area (Å²) in [6.45, 7) is 9.72. The maximum Gasteiger partial charge on any atom is 0.295 e. The van der Waals surface area contributed by atoms with Gasteiger partial charge < -0.3 is 19.6 Å². The summed E-state index contributed by atoms with van der Waals surface area (Å²) in [6.07, 6.45) is 0.730. The molecule has 1 amide bonds. The first-order valence-electron chi connectivity index (χ1n) is 13.3. The van der Waals surface area contributed by atoms with Crippen molar-refractivity contribution in [3.63, 3.8) is 0 Å². The number of aliphatic hydroxyl groups is 1. The number of carbonyl (C=O) groups is 2. The minimum Gasteiger partial charge on any atom is -0.507 e. The van der Waals surface area contributed by atoms with E-state index in [1.165, 1.54) is 0 Å². The van der Waals surface area contributed by atoms with Gasteiger partial charge in [-0.2, -0.15) is 0 Å². The van der Waals surface area contributed by atoms with Gasteiger partial charge in [0.1, 0.15) is 18.1 Å². The number of aliphatic hydroxyl groups excluding tert-OH is 1. The summed E-state index contributed by atoms with van der Waals surface area (Å²) >= 11 is 0. The van der Waals surface area contributed by atoms with E-state index in [0.717, 1.165) is 42.7 Å². The number of likely N-dealkylation sites (tertiary alicyclic amines) is 1. The summed E-state index contributed by atoms with van der Waals surface area (Å²) < 4.78 is 5.94. The molecule has 1 N–H and O–H groups in total. The number of benzene rings is 3. The second kappa shape index (κ2) is 12.6. The van der Waals surface area contributed by atoms with Crippen molar-refractivity contribution in [2.24, 2.45) is 0 Å². The quantitative estimate of drug-likeness (QED) is 0.202. The molecule has 1 aliphatic heterocycles. The van der Waals surface area contributed by atoms with Crippen LogP contribution in [0.5, 0.6) is 5.75 Å². The topological polar surface area (TPSA) is 70.1 Å². The number of ether oxygens (including phenoxy) is 1. The van der Waals surface area contributed by atoms with Crippen LogP contribution in [0, 0.1) is 6.92 Å². The van der Waals surface area contributed by atoms with Gasteiger partial charge in [-0.25, -0.2) is 0 Å². The third kappa shape index (κ3) is 6.14. The van der Waals surface area contributed by atoms with Gasteiger partial charge in [0.15, 0.2) is 0 Å². The number of hydrogen-bond donors (Lipinski definition) is 1. The zero-order chi connectivity index (χ0) is 27.1. The smallest absolute Gasteiger partial charge is 0.295 e. The molecule has 1 saturated heterocycles. The first-order chi connectivity index (χ1) is 18.4. The summed E-state index contributed by atoms with van der Waals surface area (Å²) in [5.74, 6) is -0.688. The van der Waals surface area contributed by atoms with Crippen molar-refractivity contribution in [2.45, 2.75) is 39.8 Å². The molecular formula is C32H36N2O4. The summed E-state index contributed by atoms with van der Waals surface area (Å²) in [5.41, 5.74) is 3.51. The molecule has 0 radical (unpaired) electrons. The van der Waals surface area contributed by atoms with E-state index in [0.29, 0.717) is 24.5 Å². The Bertz CT molecular complexity index is 1260. The normalized spacial score (nSPS) is 16.8. The highest BCUT2D eigenvalue weighted by atomic mass is 16.5. The Kier molecular flexibility index (Phi) is 8.98. The van der Waals surface area contributed by atoms with Gasteiger partial charge in [-0.3, -0.25) is 9.59 Å². The summed E-state index contributed by atoms with van der Waals surface area (Å²) in [7, 11) is 0. The Balaban J connectivity index is 1.64. The first-order valence-corrected chi connectivity index (χ1v) is 13.3. The van der Waals surface area contributed by atoms with Crippen molar-refractivity contribution < 1.29 is 19.4 Å². The van der Waals surface area contributed by atoms with Crippen molar-refractivity contribution in [3.05, 3.63) is 107 Å². The van der Waals surface area contributed by atoms with Crippen LogP contribution in [0.3, 0.4) is 0 Å². The van der Waals surface area contributed by atoms with Crippen LogP contribution in [0.15, 0.2) is 84.4 Å². The molecule has 1 fully saturated rings. The van der Waals surface area contributed by atoms with E-state index in [-0.39, 0.29) is 11.3 Å². The van der Waals surface area contributed by atoms with Gasteiger partial charge in [-0.05, 0) is 56.2 Å². The number of amides is 1. The van der Waals surface area contributed by atoms with Crippen LogP contribution in [0.4, 0.5) is 0 Å². The van der Waals surface area contributed by atoms with Gasteiger partial charge >= 0.3 is 0 Å². The predicted octanol–water partition coefficient (Wildman–Crippen LogP) is 5.73. The zero-order valence-electron chi connectivity index (χ0n) is 22.4. The lowest BCUT2D eigenvalue weighted by atomic mass is 9.95. The maximum absolute atomic E-state index is 13.3. The molecule has 1 atom stereocenters. The number of aryl methyl sites for hydroxylation is 1. The van der Waals surface area contributed by atoms with Crippen molar-refractivity contribution in [3.8, 4) is 5.75 Å². The Morgan fingerprint density at radius 1 is 0.921 bits per heavy atom. The molecule has 198 valence electrons. The van der Waals surface area contributed by atoms with Crippen LogP contribution in [-0.4, -0.2) is 52.8 Å². The molecule has 0 bridgehead atoms. The fraction of sp³-hybridized carbons (Fsp3) is 0.312. The predicted molar refractivity (Wildman–Crippen MR) is 150 cm³/mol. The Morgan fingerprint density at radius 3 is 2.21 bits per heavy atom. The molecule has 38 heavy (non-hydrogen) atoms. The first kappa shape index (κ1) is 27.1. The molecule has 3 aromatic carbocycles. The molecule has 4 rings (SSSR count). The van der Waals surface area contributed by atoms with E-state index in [9.17, 15) is 14.7 Å². The SMILES string of the molecule is CCN(CC)CCCN1C(=O)C(=O)C(=C(O)c2ccc(C)cc2)C1c1ccc(OCc2ccccc2)cc1. The van der Waals surface area contributed by atoms with E-state index >= 15 is 0 Å². The lowest BCUT2D eigenvalue weighted by Gasteiger charge is -2.27. The average Bonchev–Trinajstić information content (AvgIpc) is 3.20. The summed E-state index contributed by atoms with van der Waals surface area (Å²) in [5, 5.41) is 11.3. The van der Waals surface area contributed by atoms with Crippen LogP contribution >= 0.6 is 0 Å². The lowest BCUT2D eigenvalue weighted by molar-refractivity contribution is -0.140. The highest BCUT2D eigenvalue weighted by Crippen LogP contribution is 2.40. The molecule has 0 saturated carbocycles. The van der Waals surface area contributed by atoms with Gasteiger partial charge in [0.2, 0.25) is 0 Å². The van der Waals surface area contributed by atoms with Crippen LogP contribution < -0.4 is 4.74 Å². The fourth-order valence-corrected chi connectivity index (χ4v) is 4.82. The molecule has 1 aliphatic rings. The number of hydrogen-bond acceptors (Lipinski definition) is 5. The maximum atomic E-state index is 13.3. The number of Topliss-reactive ketones (excluding diaryl/α,β-unsaturated/α-hetero) is 1. The molecule has 0 aromatic heterocycles. The van der Waals surface area contributed by atoms with E-state index in [1.54, 1.807) is 17.0 Å². The van der Waals surface area contributed by atoms with E-state index in [2.05, 4.69) is 18.7 Å². The third-order valence-corrected chi connectivity index (χ3v) is 7.08. The third-order valence-electron chi connectivity index (χ3n) is 7.08. The van der Waals surface area contributed by atoms with Gasteiger partial charge in [0.25, 0.3) is 11.7 Å². The van der Waals surface area contributed by atoms with E-state index in [1.807, 2.05) is 73.7 Å². The van der Waals surface area contributed by atoms with Crippen LogP contribution in [0.25, 0.3) is 5.76 Å². The van der Waals surface area contributed by atoms with E-state index < -0.39 is 17.7 Å². The van der Waals surface area contributed by atoms with Crippen molar-refractivity contribution in [1.29, 1.82) is 0 Å². The largest absolute Gasteiger partial charge is 0.507 e. The standard InChI is InChI=1S/C32H36N2O4/c1-4-33(5-2)20-9-21-34-29(25-16-18-27(19-17-25)38-22-24-10-7-6-8-11-24)28(31(36)32(34)37)30(35)26-14-12-23(3)13-15-26/h6-8,10-19,29,35H,4-5,9,20-22H2,1-3H3. The summed E-state index contributed by atoms with van der Waals surface area (Å²) in [4.78, 5) is 30.4. The second-order valence-electron chi connectivity index (χ2n) is 9.58. The van der Waals surface area contributed by atoms with Crippen molar-refractivity contribution >= 4 is 17.4 Å². The van der Waals surface area contributed by atoms with E-state index in [4.69, 9.17) is 4.74 Å². The van der Waals surface area contributed by atoms with Crippen LogP contribution in [0.2, 0.25) is 0 Å². The average molecular weight is 513 g/mol. The zero-order valence-corrected chi connectivity index (χ0v) is 22.4. The number of nitrogens with zero attached hydrogens (tertiary/aromatic N) is 2. The minimum absolute atomic E-state index is 0.125. The number of ketones is 1. The number of rotatable bonds is 11. The molecule has 1 heterocycles. The van der Waals surface area contributed by atoms with Gasteiger partial charge in [0, 0.05) is 12.1 Å². The minimum atomic E-state index is -0.670. The highest BCUT2D eigenvalue weighted by Gasteiger charge is 2.45. The molecule has 0 spiro atoms. The molecule has 6 heteroatoms. The van der Waals surface area contributed by atoms with Crippen LogP contribution in [0.1, 0.15) is 48.6 Å². The Labute approximate surface area is 225 Å². The Morgan fingerprint density at radius 2 is 1.58 bits per heavy atom. The van der Waals surface area contributed by atoms with Crippen LogP contribution in [-0.2, 0) is 16.2 Å². The molecule has 1 unspecified atom stereocenters. The molecule has 6 nitrogen and oxygen atoms in total. The van der Waals surface area contributed by atoms with Crippen molar-refractivity contribution in [1.82, 2.24) is 9.80 Å². The summed E-state index contributed by atoms with van der Waals surface area (Å²) in [6, 6.07) is 24.0.